The molecule has 0 radical (unpaired) electrons. The van der Waals surface area contributed by atoms with Crippen molar-refractivity contribution in [2.75, 3.05) is 0 Å². The lowest BCUT2D eigenvalue weighted by Crippen LogP contribution is -2.05. The summed E-state index contributed by atoms with van der Waals surface area (Å²) in [6.07, 6.45) is -3.86. The molecule has 1 aromatic heterocycles. The van der Waals surface area contributed by atoms with Crippen molar-refractivity contribution >= 4 is 11.6 Å². The average Bonchev–Trinajstić information content (AvgIpc) is 2.31. The predicted octanol–water partition coefficient (Wildman–Crippen LogP) is 3.83. The second-order valence-corrected chi connectivity index (χ2v) is 4.16. The van der Waals surface area contributed by atoms with Gasteiger partial charge in [-0.1, -0.05) is 11.6 Å². The minimum atomic E-state index is -4.52. The highest BCUT2D eigenvalue weighted by Gasteiger charge is 2.31. The molecule has 0 aliphatic heterocycles. The van der Waals surface area contributed by atoms with Crippen LogP contribution in [0.25, 0.3) is 11.3 Å². The van der Waals surface area contributed by atoms with Gasteiger partial charge in [-0.25, -0.2) is 0 Å². The zero-order valence-electron chi connectivity index (χ0n) is 9.24. The fraction of sp³-hybridized carbons (Fsp3) is 0.0833. The summed E-state index contributed by atoms with van der Waals surface area (Å²) in [5, 5.41) is 18.3. The maximum atomic E-state index is 12.4. The molecule has 19 heavy (non-hydrogen) atoms. The topological polar surface area (TPSA) is 53.4 Å². The van der Waals surface area contributed by atoms with Crippen molar-refractivity contribution < 1.29 is 23.4 Å². The number of nitrogens with zero attached hydrogens (tertiary/aromatic N) is 1. The molecule has 2 rings (SSSR count). The SMILES string of the molecule is Oc1ccc(-c2ncc(C(F)(F)F)cc2Cl)cc1O. The lowest BCUT2D eigenvalue weighted by atomic mass is 10.1. The lowest BCUT2D eigenvalue weighted by molar-refractivity contribution is -0.137. The number of aromatic nitrogens is 1. The van der Waals surface area contributed by atoms with Gasteiger partial charge in [-0.3, -0.25) is 4.98 Å². The molecule has 7 heteroatoms. The lowest BCUT2D eigenvalue weighted by Gasteiger charge is -2.09. The zero-order valence-corrected chi connectivity index (χ0v) is 10.00. The van der Waals surface area contributed by atoms with Gasteiger partial charge in [0.2, 0.25) is 0 Å². The van der Waals surface area contributed by atoms with Gasteiger partial charge < -0.3 is 10.2 Å². The molecule has 3 nitrogen and oxygen atoms in total. The molecule has 0 aliphatic rings. The first-order chi connectivity index (χ1) is 8.79. The summed E-state index contributed by atoms with van der Waals surface area (Å²) in [6.45, 7) is 0. The van der Waals surface area contributed by atoms with E-state index in [2.05, 4.69) is 4.98 Å². The number of alkyl halides is 3. The van der Waals surface area contributed by atoms with Crippen molar-refractivity contribution in [2.45, 2.75) is 6.18 Å². The van der Waals surface area contributed by atoms with Crippen molar-refractivity contribution in [1.29, 1.82) is 0 Å². The Labute approximate surface area is 110 Å². The number of aromatic hydroxyl groups is 2. The monoisotopic (exact) mass is 289 g/mol. The van der Waals surface area contributed by atoms with Crippen LogP contribution >= 0.6 is 11.6 Å². The fourth-order valence-electron chi connectivity index (χ4n) is 1.48. The molecule has 0 atom stereocenters. The van der Waals surface area contributed by atoms with Gasteiger partial charge in [0.05, 0.1) is 16.3 Å². The Morgan fingerprint density at radius 1 is 1.05 bits per heavy atom. The third kappa shape index (κ3) is 2.73. The quantitative estimate of drug-likeness (QED) is 0.784. The minimum absolute atomic E-state index is 0.0879. The van der Waals surface area contributed by atoms with E-state index < -0.39 is 17.5 Å². The Hall–Kier alpha value is -1.95. The van der Waals surface area contributed by atoms with Crippen LogP contribution in [-0.4, -0.2) is 15.2 Å². The number of phenolic OH excluding ortho intramolecular Hbond substituents is 2. The summed E-state index contributed by atoms with van der Waals surface area (Å²) in [6, 6.07) is 4.50. The number of pyridine rings is 1. The molecule has 0 bridgehead atoms. The average molecular weight is 290 g/mol. The van der Waals surface area contributed by atoms with Crippen LogP contribution in [0.15, 0.2) is 30.5 Å². The fourth-order valence-corrected chi connectivity index (χ4v) is 1.75. The van der Waals surface area contributed by atoms with Gasteiger partial charge in [0, 0.05) is 11.8 Å². The highest BCUT2D eigenvalue weighted by Crippen LogP contribution is 2.36. The molecule has 1 heterocycles. The van der Waals surface area contributed by atoms with Crippen LogP contribution in [0.1, 0.15) is 5.56 Å². The molecule has 0 unspecified atom stereocenters. The zero-order chi connectivity index (χ0) is 14.2. The smallest absolute Gasteiger partial charge is 0.417 e. The highest BCUT2D eigenvalue weighted by atomic mass is 35.5. The number of halogens is 4. The number of benzene rings is 1. The van der Waals surface area contributed by atoms with E-state index >= 15 is 0 Å². The molecule has 0 saturated heterocycles. The van der Waals surface area contributed by atoms with Crippen LogP contribution in [0, 0.1) is 0 Å². The molecular formula is C12H7ClF3NO2. The summed E-state index contributed by atoms with van der Waals surface area (Å²) < 4.78 is 37.3. The van der Waals surface area contributed by atoms with E-state index in [1.807, 2.05) is 0 Å². The first-order valence-electron chi connectivity index (χ1n) is 5.04. The molecule has 0 spiro atoms. The van der Waals surface area contributed by atoms with E-state index in [0.29, 0.717) is 11.8 Å². The van der Waals surface area contributed by atoms with Crippen LogP contribution in [0.4, 0.5) is 13.2 Å². The molecule has 2 N–H and O–H groups in total. The Morgan fingerprint density at radius 3 is 2.26 bits per heavy atom. The van der Waals surface area contributed by atoms with Gasteiger partial charge >= 0.3 is 6.18 Å². The molecular weight excluding hydrogens is 283 g/mol. The van der Waals surface area contributed by atoms with Gasteiger partial charge in [-0.2, -0.15) is 13.2 Å². The van der Waals surface area contributed by atoms with Crippen LogP contribution in [0.5, 0.6) is 11.5 Å². The first kappa shape index (κ1) is 13.5. The van der Waals surface area contributed by atoms with Gasteiger partial charge in [0.1, 0.15) is 0 Å². The van der Waals surface area contributed by atoms with E-state index in [-0.39, 0.29) is 16.5 Å². The van der Waals surface area contributed by atoms with Crippen molar-refractivity contribution in [1.82, 2.24) is 4.98 Å². The van der Waals surface area contributed by atoms with Gasteiger partial charge in [0.15, 0.2) is 11.5 Å². The molecule has 2 aromatic rings. The van der Waals surface area contributed by atoms with Crippen molar-refractivity contribution in [3.05, 3.63) is 41.0 Å². The summed E-state index contributed by atoms with van der Waals surface area (Å²) in [5.74, 6) is -0.748. The normalized spacial score (nSPS) is 11.6. The van der Waals surface area contributed by atoms with E-state index in [9.17, 15) is 18.3 Å². The second-order valence-electron chi connectivity index (χ2n) is 3.76. The van der Waals surface area contributed by atoms with Crippen molar-refractivity contribution in [3.8, 4) is 22.8 Å². The third-order valence-electron chi connectivity index (χ3n) is 2.42. The molecule has 0 amide bonds. The Bertz CT molecular complexity index is 629. The Morgan fingerprint density at radius 2 is 1.74 bits per heavy atom. The Balaban J connectivity index is 2.49. The van der Waals surface area contributed by atoms with Crippen LogP contribution in [0.2, 0.25) is 5.02 Å². The van der Waals surface area contributed by atoms with Gasteiger partial charge in [-0.15, -0.1) is 0 Å². The number of hydrogen-bond acceptors (Lipinski definition) is 3. The number of phenols is 2. The van der Waals surface area contributed by atoms with Crippen LogP contribution in [-0.2, 0) is 6.18 Å². The largest absolute Gasteiger partial charge is 0.504 e. The first-order valence-corrected chi connectivity index (χ1v) is 5.42. The van der Waals surface area contributed by atoms with E-state index in [0.717, 1.165) is 12.1 Å². The van der Waals surface area contributed by atoms with E-state index in [4.69, 9.17) is 16.7 Å². The third-order valence-corrected chi connectivity index (χ3v) is 2.71. The summed E-state index contributed by atoms with van der Waals surface area (Å²) in [7, 11) is 0. The van der Waals surface area contributed by atoms with Gasteiger partial charge in [0.25, 0.3) is 0 Å². The molecule has 100 valence electrons. The van der Waals surface area contributed by atoms with Crippen molar-refractivity contribution in [3.63, 3.8) is 0 Å². The number of rotatable bonds is 1. The molecule has 0 saturated carbocycles. The van der Waals surface area contributed by atoms with Crippen molar-refractivity contribution in [2.24, 2.45) is 0 Å². The molecule has 1 aromatic carbocycles. The molecule has 0 aliphatic carbocycles. The maximum Gasteiger partial charge on any atom is 0.417 e. The standard InChI is InChI=1S/C12H7ClF3NO2/c13-8-4-7(12(14,15)16)5-17-11(8)6-1-2-9(18)10(19)3-6/h1-5,18-19H. The van der Waals surface area contributed by atoms with Crippen LogP contribution < -0.4 is 0 Å². The second kappa shape index (κ2) is 4.62. The maximum absolute atomic E-state index is 12.4. The van der Waals surface area contributed by atoms with E-state index in [1.165, 1.54) is 12.1 Å². The summed E-state index contributed by atoms with van der Waals surface area (Å²) in [4.78, 5) is 3.64. The summed E-state index contributed by atoms with van der Waals surface area (Å²) in [5.41, 5.74) is -0.566. The Kier molecular flexibility index (Phi) is 3.28. The van der Waals surface area contributed by atoms with E-state index in [1.54, 1.807) is 0 Å². The van der Waals surface area contributed by atoms with Gasteiger partial charge in [-0.05, 0) is 24.3 Å². The van der Waals surface area contributed by atoms with Crippen LogP contribution in [0.3, 0.4) is 0 Å². The highest BCUT2D eigenvalue weighted by molar-refractivity contribution is 6.33. The minimum Gasteiger partial charge on any atom is -0.504 e. The molecule has 0 fully saturated rings. The predicted molar refractivity (Wildman–Crippen MR) is 63.0 cm³/mol. The number of hydrogen-bond donors (Lipinski definition) is 2. The summed E-state index contributed by atoms with van der Waals surface area (Å²) >= 11 is 5.76.